The standard InChI is InChI=1S/C36H48N4O9S/c1-8-10-28(39(6)34(44)49-35(3,4)5)32(42)40-21-25(48-31-27-14-11-24(47-7)17-22(27)15-16-37-31)18-29(40)30(41)20-36(19-23(36)9-2)33(43)38-50(45,46)26-12-13-26/h9,11,14-17,23,25-26,28-29H,2,8,10,12-13,18-21H2,1,3-7H3,(H,38,43)/t23-,25?,28+,29+,36-/m1/s1. The van der Waals surface area contributed by atoms with E-state index >= 15 is 0 Å². The molecule has 5 rings (SSSR count). The molecule has 3 aliphatic rings. The molecule has 14 heteroatoms. The quantitative estimate of drug-likeness (QED) is 0.278. The second kappa shape index (κ2) is 14.2. The molecule has 0 radical (unpaired) electrons. The van der Waals surface area contributed by atoms with Gasteiger partial charge in [-0.1, -0.05) is 19.4 Å². The van der Waals surface area contributed by atoms with Crippen molar-refractivity contribution < 1.29 is 41.8 Å². The summed E-state index contributed by atoms with van der Waals surface area (Å²) in [5.41, 5.74) is -2.08. The largest absolute Gasteiger partial charge is 0.497 e. The predicted octanol–water partition coefficient (Wildman–Crippen LogP) is 4.39. The van der Waals surface area contributed by atoms with Crippen LogP contribution in [0.15, 0.2) is 43.1 Å². The average Bonchev–Trinajstić information content (AvgIpc) is 3.99. The molecule has 13 nitrogen and oxygen atoms in total. The van der Waals surface area contributed by atoms with Crippen LogP contribution in [0.1, 0.15) is 72.6 Å². The van der Waals surface area contributed by atoms with Crippen LogP contribution in [0.5, 0.6) is 11.6 Å². The lowest BCUT2D eigenvalue weighted by molar-refractivity contribution is -0.142. The number of amides is 3. The van der Waals surface area contributed by atoms with Crippen LogP contribution in [-0.2, 0) is 29.1 Å². The maximum atomic E-state index is 14.4. The second-order valence-corrected chi connectivity index (χ2v) is 16.6. The van der Waals surface area contributed by atoms with Gasteiger partial charge in [0.05, 0.1) is 30.4 Å². The number of likely N-dealkylation sites (tertiary alicyclic amines) is 1. The van der Waals surface area contributed by atoms with Gasteiger partial charge in [-0.3, -0.25) is 24.0 Å². The van der Waals surface area contributed by atoms with Gasteiger partial charge in [0.1, 0.15) is 23.5 Å². The highest BCUT2D eigenvalue weighted by atomic mass is 32.2. The van der Waals surface area contributed by atoms with Crippen molar-refractivity contribution >= 4 is 44.5 Å². The Kier molecular flexibility index (Phi) is 10.5. The number of ether oxygens (including phenoxy) is 3. The maximum Gasteiger partial charge on any atom is 0.410 e. The van der Waals surface area contributed by atoms with Crippen LogP contribution in [-0.4, -0.2) is 96.6 Å². The van der Waals surface area contributed by atoms with Crippen LogP contribution in [0.25, 0.3) is 10.8 Å². The second-order valence-electron chi connectivity index (χ2n) is 14.6. The highest BCUT2D eigenvalue weighted by Gasteiger charge is 2.61. The number of likely N-dealkylation sites (N-methyl/N-ethyl adjacent to an activating group) is 1. The summed E-state index contributed by atoms with van der Waals surface area (Å²) in [5, 5.41) is 0.934. The van der Waals surface area contributed by atoms with Gasteiger partial charge in [0, 0.05) is 31.5 Å². The number of allylic oxidation sites excluding steroid dienone is 1. The van der Waals surface area contributed by atoms with Crippen molar-refractivity contribution in [2.75, 3.05) is 20.7 Å². The number of Topliss-reactive ketones (excluding diaryl/α,β-unsaturated/α-hetero) is 1. The summed E-state index contributed by atoms with van der Waals surface area (Å²) in [7, 11) is -0.773. The van der Waals surface area contributed by atoms with E-state index in [2.05, 4.69) is 16.3 Å². The Labute approximate surface area is 293 Å². The first kappa shape index (κ1) is 37.1. The number of nitrogens with zero attached hydrogens (tertiary/aromatic N) is 3. The van der Waals surface area contributed by atoms with E-state index in [4.69, 9.17) is 14.2 Å². The van der Waals surface area contributed by atoms with Crippen molar-refractivity contribution in [1.29, 1.82) is 0 Å². The van der Waals surface area contributed by atoms with Crippen LogP contribution in [0.3, 0.4) is 0 Å². The number of rotatable bonds is 14. The fourth-order valence-corrected chi connectivity index (χ4v) is 8.04. The third-order valence-electron chi connectivity index (χ3n) is 9.69. The minimum Gasteiger partial charge on any atom is -0.497 e. The van der Waals surface area contributed by atoms with Crippen LogP contribution in [0.2, 0.25) is 0 Å². The van der Waals surface area contributed by atoms with E-state index < -0.39 is 74.1 Å². The molecule has 272 valence electrons. The van der Waals surface area contributed by atoms with Crippen molar-refractivity contribution in [2.45, 2.75) is 102 Å². The monoisotopic (exact) mass is 712 g/mol. The number of hydrogen-bond donors (Lipinski definition) is 1. The molecule has 1 aromatic carbocycles. The molecule has 2 saturated carbocycles. The Balaban J connectivity index is 1.44. The van der Waals surface area contributed by atoms with Gasteiger partial charge in [-0.2, -0.15) is 0 Å². The molecular weight excluding hydrogens is 664 g/mol. The highest BCUT2D eigenvalue weighted by Crippen LogP contribution is 2.57. The zero-order valence-corrected chi connectivity index (χ0v) is 30.5. The van der Waals surface area contributed by atoms with Crippen molar-refractivity contribution in [3.05, 3.63) is 43.1 Å². The first-order valence-electron chi connectivity index (χ1n) is 17.1. The number of carbonyl (C=O) groups excluding carboxylic acids is 4. The lowest BCUT2D eigenvalue weighted by Gasteiger charge is -2.34. The van der Waals surface area contributed by atoms with Gasteiger partial charge < -0.3 is 19.1 Å². The fourth-order valence-electron chi connectivity index (χ4n) is 6.66. The van der Waals surface area contributed by atoms with Crippen molar-refractivity contribution in [3.8, 4) is 11.6 Å². The molecule has 50 heavy (non-hydrogen) atoms. The zero-order chi connectivity index (χ0) is 36.6. The minimum atomic E-state index is -3.85. The number of benzene rings is 1. The maximum absolute atomic E-state index is 14.4. The number of nitrogens with one attached hydrogen (secondary N) is 1. The number of pyridine rings is 1. The molecule has 3 amide bonds. The SMILES string of the molecule is C=C[C@@H]1C[C@]1(CC(=O)[C@@H]1CC(Oc2nccc3cc(OC)ccc23)CN1C(=O)[C@H](CCC)N(C)C(=O)OC(C)(C)C)C(=O)NS(=O)(=O)C1CC1. The fraction of sp³-hybridized carbons (Fsp3) is 0.583. The molecule has 3 fully saturated rings. The van der Waals surface area contributed by atoms with Crippen LogP contribution in [0.4, 0.5) is 4.79 Å². The highest BCUT2D eigenvalue weighted by molar-refractivity contribution is 7.90. The Morgan fingerprint density at radius 1 is 1.20 bits per heavy atom. The zero-order valence-electron chi connectivity index (χ0n) is 29.6. The molecule has 1 aliphatic heterocycles. The predicted molar refractivity (Wildman–Crippen MR) is 186 cm³/mol. The van der Waals surface area contributed by atoms with Gasteiger partial charge in [-0.25, -0.2) is 18.2 Å². The Morgan fingerprint density at radius 3 is 2.52 bits per heavy atom. The van der Waals surface area contributed by atoms with Gasteiger partial charge in [-0.05, 0) is 82.0 Å². The van der Waals surface area contributed by atoms with Crippen molar-refractivity contribution in [1.82, 2.24) is 19.5 Å². The van der Waals surface area contributed by atoms with Gasteiger partial charge in [0.25, 0.3) is 0 Å². The van der Waals surface area contributed by atoms with E-state index in [1.54, 1.807) is 46.2 Å². The van der Waals surface area contributed by atoms with E-state index in [0.717, 1.165) is 5.39 Å². The third kappa shape index (κ3) is 7.90. The summed E-state index contributed by atoms with van der Waals surface area (Å²) in [6.45, 7) is 10.9. The number of aromatic nitrogens is 1. The molecule has 5 atom stereocenters. The Morgan fingerprint density at radius 2 is 1.92 bits per heavy atom. The van der Waals surface area contributed by atoms with Crippen LogP contribution in [0, 0.1) is 11.3 Å². The molecule has 0 spiro atoms. The summed E-state index contributed by atoms with van der Waals surface area (Å²) in [5.74, 6) is -1.00. The van der Waals surface area contributed by atoms with E-state index in [0.29, 0.717) is 42.7 Å². The first-order valence-corrected chi connectivity index (χ1v) is 18.6. The number of fused-ring (bicyclic) bond motifs is 1. The molecule has 1 unspecified atom stereocenters. The number of sulfonamides is 1. The third-order valence-corrected chi connectivity index (χ3v) is 11.5. The Hall–Kier alpha value is -4.20. The number of ketones is 1. The smallest absolute Gasteiger partial charge is 0.410 e. The van der Waals surface area contributed by atoms with Crippen LogP contribution < -0.4 is 14.2 Å². The lowest BCUT2D eigenvalue weighted by Crippen LogP contribution is -2.53. The molecule has 1 N–H and O–H groups in total. The molecule has 0 bridgehead atoms. The van der Waals surface area contributed by atoms with Gasteiger partial charge >= 0.3 is 6.09 Å². The summed E-state index contributed by atoms with van der Waals surface area (Å²) < 4.78 is 44.9. The topological polar surface area (TPSA) is 162 Å². The summed E-state index contributed by atoms with van der Waals surface area (Å²) in [6, 6.07) is 5.34. The molecule has 2 aliphatic carbocycles. The number of carbonyl (C=O) groups is 4. The molecule has 1 saturated heterocycles. The lowest BCUT2D eigenvalue weighted by atomic mass is 9.91. The van der Waals surface area contributed by atoms with E-state index in [-0.39, 0.29) is 25.8 Å². The average molecular weight is 713 g/mol. The molecular formula is C36H48N4O9S. The van der Waals surface area contributed by atoms with Gasteiger partial charge in [0.15, 0.2) is 5.78 Å². The summed E-state index contributed by atoms with van der Waals surface area (Å²) >= 11 is 0. The minimum absolute atomic E-state index is 0.0198. The Bertz CT molecular complexity index is 1770. The number of methoxy groups -OCH3 is 1. The molecule has 1 aromatic heterocycles. The van der Waals surface area contributed by atoms with Crippen molar-refractivity contribution in [2.24, 2.45) is 11.3 Å². The number of hydrogen-bond acceptors (Lipinski definition) is 10. The van der Waals surface area contributed by atoms with E-state index in [1.165, 1.54) is 16.8 Å². The molecule has 2 heterocycles. The van der Waals surface area contributed by atoms with Gasteiger partial charge in [-0.15, -0.1) is 6.58 Å². The normalized spacial score (nSPS) is 23.9. The van der Waals surface area contributed by atoms with Crippen molar-refractivity contribution in [3.63, 3.8) is 0 Å². The van der Waals surface area contributed by atoms with E-state index in [1.807, 2.05) is 25.1 Å². The summed E-state index contributed by atoms with van der Waals surface area (Å²) in [6.07, 6.45) is 3.76. The van der Waals surface area contributed by atoms with E-state index in [9.17, 15) is 27.6 Å². The van der Waals surface area contributed by atoms with Gasteiger partial charge in [0.2, 0.25) is 27.7 Å². The molecule has 2 aromatic rings. The summed E-state index contributed by atoms with van der Waals surface area (Å²) in [4.78, 5) is 62.4. The van der Waals surface area contributed by atoms with Crippen LogP contribution >= 0.6 is 0 Å². The first-order chi connectivity index (χ1) is 23.5.